The molecule has 0 saturated heterocycles. The van der Waals surface area contributed by atoms with Crippen LogP contribution < -0.4 is 0 Å². The van der Waals surface area contributed by atoms with Crippen molar-refractivity contribution in [1.82, 2.24) is 0 Å². The van der Waals surface area contributed by atoms with Crippen molar-refractivity contribution in [3.05, 3.63) is 0 Å². The average Bonchev–Trinajstić information content (AvgIpc) is 2.33. The summed E-state index contributed by atoms with van der Waals surface area (Å²) in [7, 11) is -4.74. The third-order valence-electron chi connectivity index (χ3n) is 2.83. The number of hydrogen-bond acceptors (Lipinski definition) is 5. The van der Waals surface area contributed by atoms with Gasteiger partial charge in [-0.2, -0.15) is 0 Å². The van der Waals surface area contributed by atoms with Gasteiger partial charge in [-0.1, -0.05) is 39.0 Å². The highest BCUT2D eigenvalue weighted by molar-refractivity contribution is 7.46. The molecule has 0 aromatic heterocycles. The Morgan fingerprint density at radius 3 is 2.16 bits per heavy atom. The Morgan fingerprint density at radius 1 is 1.11 bits per heavy atom. The summed E-state index contributed by atoms with van der Waals surface area (Å²) < 4.78 is 15.3. The second-order valence-electron chi connectivity index (χ2n) is 4.58. The van der Waals surface area contributed by atoms with Crippen LogP contribution in [0.2, 0.25) is 0 Å². The fourth-order valence-electron chi connectivity index (χ4n) is 1.77. The molecule has 0 amide bonds. The van der Waals surface area contributed by atoms with E-state index < -0.39 is 32.7 Å². The first-order valence-corrected chi connectivity index (χ1v) is 8.05. The Labute approximate surface area is 113 Å². The van der Waals surface area contributed by atoms with Crippen LogP contribution in [0.4, 0.5) is 0 Å². The lowest BCUT2D eigenvalue weighted by Crippen LogP contribution is -2.40. The van der Waals surface area contributed by atoms with Gasteiger partial charge < -0.3 is 25.1 Å². The lowest BCUT2D eigenvalue weighted by Gasteiger charge is -2.26. The molecule has 0 spiro atoms. The summed E-state index contributed by atoms with van der Waals surface area (Å²) in [6.07, 6.45) is 0.655. The van der Waals surface area contributed by atoms with Gasteiger partial charge in [-0.05, 0) is 6.42 Å². The zero-order valence-corrected chi connectivity index (χ0v) is 12.1. The van der Waals surface area contributed by atoms with Crippen molar-refractivity contribution < 1.29 is 34.2 Å². The highest BCUT2D eigenvalue weighted by atomic mass is 31.2. The number of phosphoric ester groups is 1. The number of aliphatic hydroxyl groups is 3. The standard InChI is InChI=1S/C11H25O7P/c1-2-3-4-5-6-7-10(18-19(15,16)17)11(14)9(13)8-12/h9-14H,2-8H2,1H3,(H2,15,16,17). The fourth-order valence-corrected chi connectivity index (χ4v) is 2.35. The third kappa shape index (κ3) is 9.51. The number of hydrogen-bond donors (Lipinski definition) is 5. The van der Waals surface area contributed by atoms with Crippen LogP contribution in [0.25, 0.3) is 0 Å². The van der Waals surface area contributed by atoms with Crippen LogP contribution in [0.15, 0.2) is 0 Å². The van der Waals surface area contributed by atoms with E-state index in [1.807, 2.05) is 0 Å². The van der Waals surface area contributed by atoms with Crippen molar-refractivity contribution >= 4 is 7.82 Å². The minimum atomic E-state index is -4.74. The topological polar surface area (TPSA) is 127 Å². The van der Waals surface area contributed by atoms with E-state index in [1.165, 1.54) is 0 Å². The average molecular weight is 300 g/mol. The molecule has 0 heterocycles. The maximum atomic E-state index is 10.8. The van der Waals surface area contributed by atoms with Crippen LogP contribution >= 0.6 is 7.82 Å². The summed E-state index contributed by atoms with van der Waals surface area (Å²) in [5.41, 5.74) is 0. The first-order valence-electron chi connectivity index (χ1n) is 6.52. The van der Waals surface area contributed by atoms with E-state index in [9.17, 15) is 14.8 Å². The van der Waals surface area contributed by atoms with Gasteiger partial charge in [-0.25, -0.2) is 4.57 Å². The van der Waals surface area contributed by atoms with Gasteiger partial charge >= 0.3 is 7.82 Å². The molecule has 0 radical (unpaired) electrons. The van der Waals surface area contributed by atoms with Crippen LogP contribution in [0.5, 0.6) is 0 Å². The molecule has 0 fully saturated rings. The fraction of sp³-hybridized carbons (Fsp3) is 1.00. The van der Waals surface area contributed by atoms with Gasteiger partial charge in [0.15, 0.2) is 0 Å². The molecule has 0 aromatic carbocycles. The highest BCUT2D eigenvalue weighted by Crippen LogP contribution is 2.39. The summed E-state index contributed by atoms with van der Waals surface area (Å²) in [6, 6.07) is 0. The molecular weight excluding hydrogens is 275 g/mol. The monoisotopic (exact) mass is 300 g/mol. The second-order valence-corrected chi connectivity index (χ2v) is 5.77. The summed E-state index contributed by atoms with van der Waals surface area (Å²) >= 11 is 0. The Hall–Kier alpha value is -0.0100. The number of unbranched alkanes of at least 4 members (excludes halogenated alkanes) is 4. The molecule has 3 atom stereocenters. The van der Waals surface area contributed by atoms with E-state index in [4.69, 9.17) is 14.9 Å². The van der Waals surface area contributed by atoms with E-state index in [0.29, 0.717) is 6.42 Å². The lowest BCUT2D eigenvalue weighted by molar-refractivity contribution is -0.0762. The molecule has 0 aliphatic carbocycles. The summed E-state index contributed by atoms with van der Waals surface area (Å²) in [5, 5.41) is 27.7. The van der Waals surface area contributed by atoms with Crippen LogP contribution in [0, 0.1) is 0 Å². The lowest BCUT2D eigenvalue weighted by atomic mass is 10.0. The summed E-state index contributed by atoms with van der Waals surface area (Å²) in [6.45, 7) is 1.37. The van der Waals surface area contributed by atoms with Crippen LogP contribution in [-0.2, 0) is 9.09 Å². The van der Waals surface area contributed by atoms with E-state index in [1.54, 1.807) is 0 Å². The van der Waals surface area contributed by atoms with Gasteiger partial charge in [0.25, 0.3) is 0 Å². The van der Waals surface area contributed by atoms with Crippen LogP contribution in [0.1, 0.15) is 45.4 Å². The number of phosphoric acid groups is 1. The molecular formula is C11H25O7P. The predicted octanol–water partition coefficient (Wildman–Crippen LogP) is 0.539. The Morgan fingerprint density at radius 2 is 1.68 bits per heavy atom. The van der Waals surface area contributed by atoms with Gasteiger partial charge in [-0.3, -0.25) is 4.52 Å². The first-order chi connectivity index (χ1) is 8.81. The summed E-state index contributed by atoms with van der Waals surface area (Å²) in [4.78, 5) is 17.5. The Kier molecular flexibility index (Phi) is 9.82. The van der Waals surface area contributed by atoms with Gasteiger partial charge in [0.2, 0.25) is 0 Å². The molecule has 0 aliphatic rings. The molecule has 19 heavy (non-hydrogen) atoms. The molecule has 8 heteroatoms. The molecule has 0 bridgehead atoms. The van der Waals surface area contributed by atoms with E-state index >= 15 is 0 Å². The number of aliphatic hydroxyl groups excluding tert-OH is 3. The van der Waals surface area contributed by atoms with Crippen molar-refractivity contribution in [3.8, 4) is 0 Å². The van der Waals surface area contributed by atoms with E-state index in [-0.39, 0.29) is 6.42 Å². The Balaban J connectivity index is 4.30. The molecule has 3 unspecified atom stereocenters. The van der Waals surface area contributed by atoms with E-state index in [0.717, 1.165) is 25.7 Å². The van der Waals surface area contributed by atoms with Gasteiger partial charge in [0.05, 0.1) is 12.7 Å². The molecule has 7 nitrogen and oxygen atoms in total. The normalized spacial score (nSPS) is 17.2. The van der Waals surface area contributed by atoms with Crippen molar-refractivity contribution in [2.45, 2.75) is 63.8 Å². The Bertz CT molecular complexity index is 268. The molecule has 0 aromatic rings. The number of rotatable bonds is 11. The van der Waals surface area contributed by atoms with Crippen LogP contribution in [-0.4, -0.2) is 50.0 Å². The molecule has 5 N–H and O–H groups in total. The highest BCUT2D eigenvalue weighted by Gasteiger charge is 2.31. The minimum Gasteiger partial charge on any atom is -0.394 e. The molecule has 0 saturated carbocycles. The van der Waals surface area contributed by atoms with Gasteiger partial charge in [-0.15, -0.1) is 0 Å². The quantitative estimate of drug-likeness (QED) is 0.278. The van der Waals surface area contributed by atoms with Gasteiger partial charge in [0, 0.05) is 0 Å². The van der Waals surface area contributed by atoms with E-state index in [2.05, 4.69) is 11.4 Å². The minimum absolute atomic E-state index is 0.215. The largest absolute Gasteiger partial charge is 0.469 e. The van der Waals surface area contributed by atoms with Crippen molar-refractivity contribution in [3.63, 3.8) is 0 Å². The molecule has 0 aliphatic heterocycles. The smallest absolute Gasteiger partial charge is 0.394 e. The van der Waals surface area contributed by atoms with Crippen molar-refractivity contribution in [2.75, 3.05) is 6.61 Å². The van der Waals surface area contributed by atoms with Crippen molar-refractivity contribution in [2.24, 2.45) is 0 Å². The van der Waals surface area contributed by atoms with Gasteiger partial charge in [0.1, 0.15) is 12.2 Å². The first kappa shape index (κ1) is 19.0. The second kappa shape index (κ2) is 9.83. The summed E-state index contributed by atoms with van der Waals surface area (Å²) in [5.74, 6) is 0. The molecule has 0 rings (SSSR count). The van der Waals surface area contributed by atoms with Crippen molar-refractivity contribution in [1.29, 1.82) is 0 Å². The third-order valence-corrected chi connectivity index (χ3v) is 3.37. The maximum absolute atomic E-state index is 10.8. The SMILES string of the molecule is CCCCCCCC(OP(=O)(O)O)C(O)C(O)CO. The molecule has 116 valence electrons. The van der Waals surface area contributed by atoms with Crippen LogP contribution in [0.3, 0.4) is 0 Å². The predicted molar refractivity (Wildman–Crippen MR) is 69.4 cm³/mol. The maximum Gasteiger partial charge on any atom is 0.469 e. The zero-order chi connectivity index (χ0) is 14.9. The zero-order valence-electron chi connectivity index (χ0n) is 11.2.